The van der Waals surface area contributed by atoms with E-state index in [4.69, 9.17) is 4.42 Å². The van der Waals surface area contributed by atoms with E-state index in [1.807, 2.05) is 42.5 Å². The number of hydrogen-bond donors (Lipinski definition) is 4. The van der Waals surface area contributed by atoms with Crippen molar-refractivity contribution < 1.29 is 19.1 Å². The molecule has 1 heterocycles. The van der Waals surface area contributed by atoms with Gasteiger partial charge >= 0.3 is 12.0 Å². The number of aromatic carboxylic acids is 1. The third-order valence-electron chi connectivity index (χ3n) is 4.80. The number of nitrogens with one attached hydrogen (secondary N) is 3. The minimum atomic E-state index is -1.05. The predicted molar refractivity (Wildman–Crippen MR) is 128 cm³/mol. The second-order valence-corrected chi connectivity index (χ2v) is 8.02. The van der Waals surface area contributed by atoms with E-state index >= 15 is 0 Å². The van der Waals surface area contributed by atoms with Gasteiger partial charge in [0.15, 0.2) is 0 Å². The summed E-state index contributed by atoms with van der Waals surface area (Å²) in [5.74, 6) is -0.915. The highest BCUT2D eigenvalue weighted by molar-refractivity contribution is 9.10. The average Bonchev–Trinajstić information content (AvgIpc) is 3.26. The second-order valence-electron chi connectivity index (χ2n) is 7.10. The summed E-state index contributed by atoms with van der Waals surface area (Å²) in [7, 11) is 0. The summed E-state index contributed by atoms with van der Waals surface area (Å²) in [4.78, 5) is 23.7. The van der Waals surface area contributed by atoms with Crippen LogP contribution in [0.25, 0.3) is 10.8 Å². The molecule has 3 aromatic carbocycles. The van der Waals surface area contributed by atoms with Crippen LogP contribution in [0.5, 0.6) is 0 Å². The molecule has 10 heteroatoms. The van der Waals surface area contributed by atoms with Crippen LogP contribution < -0.4 is 16.0 Å². The Morgan fingerprint density at radius 2 is 1.79 bits per heavy atom. The summed E-state index contributed by atoms with van der Waals surface area (Å²) in [5.41, 5.74) is 1.32. The quantitative estimate of drug-likeness (QED) is 0.254. The van der Waals surface area contributed by atoms with E-state index in [0.717, 1.165) is 16.5 Å². The monoisotopic (exact) mass is 509 g/mol. The van der Waals surface area contributed by atoms with Crippen LogP contribution >= 0.6 is 15.9 Å². The van der Waals surface area contributed by atoms with Gasteiger partial charge in [-0.2, -0.15) is 0 Å². The summed E-state index contributed by atoms with van der Waals surface area (Å²) < 4.78 is 6.17. The highest BCUT2D eigenvalue weighted by Crippen LogP contribution is 2.23. The van der Waals surface area contributed by atoms with Gasteiger partial charge in [0, 0.05) is 34.2 Å². The number of fused-ring (bicyclic) bond motifs is 1. The topological polar surface area (TPSA) is 129 Å². The summed E-state index contributed by atoms with van der Waals surface area (Å²) in [6, 6.07) is 18.7. The lowest BCUT2D eigenvalue weighted by atomic mass is 10.1. The minimum Gasteiger partial charge on any atom is -0.478 e. The molecule has 0 aliphatic rings. The molecule has 33 heavy (non-hydrogen) atoms. The lowest BCUT2D eigenvalue weighted by Gasteiger charge is -2.09. The van der Waals surface area contributed by atoms with Crippen molar-refractivity contribution in [3.8, 4) is 0 Å². The van der Waals surface area contributed by atoms with Crippen LogP contribution in [0, 0.1) is 0 Å². The molecular formula is C23H20BrN5O4. The summed E-state index contributed by atoms with van der Waals surface area (Å²) >= 11 is 3.26. The van der Waals surface area contributed by atoms with Gasteiger partial charge in [-0.1, -0.05) is 57.4 Å². The number of amides is 1. The zero-order valence-corrected chi connectivity index (χ0v) is 18.9. The number of halogens is 1. The Morgan fingerprint density at radius 3 is 2.64 bits per heavy atom. The molecule has 0 atom stereocenters. The molecule has 4 aromatic rings. The van der Waals surface area contributed by atoms with Crippen LogP contribution in [0.1, 0.15) is 22.7 Å². The van der Waals surface area contributed by atoms with Crippen molar-refractivity contribution in [2.45, 2.75) is 13.0 Å². The van der Waals surface area contributed by atoms with Gasteiger partial charge in [0.1, 0.15) is 0 Å². The van der Waals surface area contributed by atoms with Crippen molar-refractivity contribution >= 4 is 56.0 Å². The zero-order chi connectivity index (χ0) is 23.2. The number of carboxylic acids is 1. The first-order chi connectivity index (χ1) is 16.0. The van der Waals surface area contributed by atoms with E-state index in [0.29, 0.717) is 16.7 Å². The van der Waals surface area contributed by atoms with E-state index in [-0.39, 0.29) is 36.3 Å². The van der Waals surface area contributed by atoms with Gasteiger partial charge in [-0.3, -0.25) is 4.79 Å². The van der Waals surface area contributed by atoms with E-state index in [1.165, 1.54) is 6.07 Å². The van der Waals surface area contributed by atoms with E-state index in [9.17, 15) is 14.7 Å². The van der Waals surface area contributed by atoms with Crippen LogP contribution in [-0.2, 0) is 11.3 Å². The minimum absolute atomic E-state index is 0.124. The molecule has 1 aromatic heterocycles. The number of rotatable bonds is 9. The number of anilines is 3. The third kappa shape index (κ3) is 5.66. The maximum Gasteiger partial charge on any atom is 0.337 e. The van der Waals surface area contributed by atoms with Crippen molar-refractivity contribution in [1.29, 1.82) is 0 Å². The molecule has 0 aliphatic heterocycles. The molecule has 9 nitrogen and oxygen atoms in total. The lowest BCUT2D eigenvalue weighted by molar-refractivity contribution is -0.115. The summed E-state index contributed by atoms with van der Waals surface area (Å²) in [5, 5.41) is 28.0. The summed E-state index contributed by atoms with van der Waals surface area (Å²) in [6.07, 6.45) is 0.208. The lowest BCUT2D eigenvalue weighted by Crippen LogP contribution is -2.16. The maximum atomic E-state index is 12.3. The molecule has 0 saturated heterocycles. The second kappa shape index (κ2) is 10.1. The first-order valence-corrected chi connectivity index (χ1v) is 10.9. The standard InChI is InChI=1S/C23H20BrN5O4/c24-15-8-9-18(17(12-15)22(31)32)26-13-21-28-29-23(33-21)25-11-10-20(30)27-19-7-3-5-14-4-1-2-6-16(14)19/h1-9,12,26H,10-11,13H2,(H,25,29)(H,27,30)(H,31,32). The highest BCUT2D eigenvalue weighted by atomic mass is 79.9. The fraction of sp³-hybridized carbons (Fsp3) is 0.130. The number of carbonyl (C=O) groups excluding carboxylic acids is 1. The Hall–Kier alpha value is -3.92. The Morgan fingerprint density at radius 1 is 0.970 bits per heavy atom. The molecule has 4 rings (SSSR count). The number of hydrogen-bond acceptors (Lipinski definition) is 7. The SMILES string of the molecule is O=C(CCNc1nnc(CNc2ccc(Br)cc2C(=O)O)o1)Nc1cccc2ccccc12. The van der Waals surface area contributed by atoms with Crippen molar-refractivity contribution in [2.24, 2.45) is 0 Å². The van der Waals surface area contributed by atoms with E-state index in [2.05, 4.69) is 42.1 Å². The molecule has 0 fully saturated rings. The largest absolute Gasteiger partial charge is 0.478 e. The Kier molecular flexibility index (Phi) is 6.84. The molecule has 4 N–H and O–H groups in total. The Bertz CT molecular complexity index is 1300. The number of carbonyl (C=O) groups is 2. The zero-order valence-electron chi connectivity index (χ0n) is 17.3. The van der Waals surface area contributed by atoms with Gasteiger partial charge in [0.05, 0.1) is 12.1 Å². The molecule has 0 bridgehead atoms. The first-order valence-electron chi connectivity index (χ1n) is 10.1. The van der Waals surface area contributed by atoms with Gasteiger partial charge in [-0.15, -0.1) is 5.10 Å². The molecule has 0 unspecified atom stereocenters. The number of benzene rings is 3. The Labute approximate surface area is 197 Å². The third-order valence-corrected chi connectivity index (χ3v) is 5.29. The van der Waals surface area contributed by atoms with Crippen molar-refractivity contribution in [3.63, 3.8) is 0 Å². The molecule has 0 aliphatic carbocycles. The highest BCUT2D eigenvalue weighted by Gasteiger charge is 2.12. The fourth-order valence-electron chi connectivity index (χ4n) is 3.24. The molecule has 0 radical (unpaired) electrons. The molecular weight excluding hydrogens is 490 g/mol. The number of nitrogens with zero attached hydrogens (tertiary/aromatic N) is 2. The summed E-state index contributed by atoms with van der Waals surface area (Å²) in [6.45, 7) is 0.458. The van der Waals surface area contributed by atoms with Gasteiger partial charge in [-0.25, -0.2) is 4.79 Å². The van der Waals surface area contributed by atoms with Crippen LogP contribution in [-0.4, -0.2) is 33.7 Å². The fourth-order valence-corrected chi connectivity index (χ4v) is 3.61. The maximum absolute atomic E-state index is 12.3. The number of aromatic nitrogens is 2. The van der Waals surface area contributed by atoms with Gasteiger partial charge in [-0.05, 0) is 29.7 Å². The smallest absolute Gasteiger partial charge is 0.337 e. The van der Waals surface area contributed by atoms with Crippen molar-refractivity contribution in [3.05, 3.63) is 76.6 Å². The van der Waals surface area contributed by atoms with Crippen molar-refractivity contribution in [2.75, 3.05) is 22.5 Å². The first kappa shape index (κ1) is 22.3. The molecule has 0 spiro atoms. The van der Waals surface area contributed by atoms with Crippen LogP contribution in [0.15, 0.2) is 69.6 Å². The normalized spacial score (nSPS) is 10.7. The Balaban J connectivity index is 1.27. The van der Waals surface area contributed by atoms with Crippen LogP contribution in [0.2, 0.25) is 0 Å². The van der Waals surface area contributed by atoms with Crippen LogP contribution in [0.3, 0.4) is 0 Å². The van der Waals surface area contributed by atoms with Crippen molar-refractivity contribution in [1.82, 2.24) is 10.2 Å². The van der Waals surface area contributed by atoms with E-state index < -0.39 is 5.97 Å². The van der Waals surface area contributed by atoms with E-state index in [1.54, 1.807) is 12.1 Å². The van der Waals surface area contributed by atoms with Gasteiger partial charge < -0.3 is 25.5 Å². The van der Waals surface area contributed by atoms with Crippen LogP contribution in [0.4, 0.5) is 17.4 Å². The average molecular weight is 510 g/mol. The number of carboxylic acid groups (broad SMARTS) is 1. The predicted octanol–water partition coefficient (Wildman–Crippen LogP) is 4.74. The van der Waals surface area contributed by atoms with Gasteiger partial charge in [0.2, 0.25) is 11.8 Å². The molecule has 0 saturated carbocycles. The van der Waals surface area contributed by atoms with Gasteiger partial charge in [0.25, 0.3) is 0 Å². The molecule has 168 valence electrons. The molecule has 1 amide bonds.